The first-order valence-corrected chi connectivity index (χ1v) is 6.73. The Labute approximate surface area is 80.6 Å². The zero-order valence-corrected chi connectivity index (χ0v) is 9.39. The fourth-order valence-corrected chi connectivity index (χ4v) is 2.92. The highest BCUT2D eigenvalue weighted by atomic mass is 32.2. The number of hydrogen-bond acceptors (Lipinski definition) is 3. The molecule has 0 aliphatic heterocycles. The van der Waals surface area contributed by atoms with Crippen molar-refractivity contribution in [1.29, 1.82) is 0 Å². The highest BCUT2D eigenvalue weighted by Gasteiger charge is 2.55. The smallest absolute Gasteiger partial charge is 0.147 e. The van der Waals surface area contributed by atoms with E-state index in [4.69, 9.17) is 5.73 Å². The van der Waals surface area contributed by atoms with E-state index in [9.17, 15) is 8.42 Å². The highest BCUT2D eigenvalue weighted by Crippen LogP contribution is 2.59. The summed E-state index contributed by atoms with van der Waals surface area (Å²) in [7, 11) is -2.80. The molecule has 3 nitrogen and oxygen atoms in total. The summed E-state index contributed by atoms with van der Waals surface area (Å²) in [6.45, 7) is 5.01. The fourth-order valence-electron chi connectivity index (χ4n) is 2.24. The molecule has 0 bridgehead atoms. The first-order chi connectivity index (χ1) is 5.79. The van der Waals surface area contributed by atoms with Crippen LogP contribution in [0.15, 0.2) is 0 Å². The average Bonchev–Trinajstić information content (AvgIpc) is 2.46. The summed E-state index contributed by atoms with van der Waals surface area (Å²) in [6.07, 6.45) is 2.06. The Morgan fingerprint density at radius 1 is 1.31 bits per heavy atom. The van der Waals surface area contributed by atoms with E-state index in [0.717, 1.165) is 6.42 Å². The quantitative estimate of drug-likeness (QED) is 0.733. The number of rotatable bonds is 4. The van der Waals surface area contributed by atoms with Crippen LogP contribution in [0.25, 0.3) is 0 Å². The molecule has 0 radical (unpaired) electrons. The van der Waals surface area contributed by atoms with Gasteiger partial charge in [-0.2, -0.15) is 0 Å². The van der Waals surface area contributed by atoms with Gasteiger partial charge in [-0.15, -0.1) is 0 Å². The molecular weight excluding hydrogens is 186 g/mol. The molecule has 78 valence electrons. The van der Waals surface area contributed by atoms with Crippen LogP contribution < -0.4 is 5.73 Å². The van der Waals surface area contributed by atoms with Gasteiger partial charge in [0.05, 0.1) is 5.75 Å². The van der Waals surface area contributed by atoms with E-state index in [1.165, 1.54) is 6.26 Å². The van der Waals surface area contributed by atoms with Gasteiger partial charge in [0.1, 0.15) is 9.84 Å². The van der Waals surface area contributed by atoms with Crippen molar-refractivity contribution >= 4 is 9.84 Å². The third-order valence-corrected chi connectivity index (χ3v) is 4.32. The van der Waals surface area contributed by atoms with Crippen molar-refractivity contribution in [2.75, 3.05) is 18.6 Å². The summed E-state index contributed by atoms with van der Waals surface area (Å²) in [6, 6.07) is 0. The van der Waals surface area contributed by atoms with E-state index in [0.29, 0.717) is 24.1 Å². The molecule has 0 saturated heterocycles. The Hall–Kier alpha value is -0.0900. The Balaban J connectivity index is 2.42. The van der Waals surface area contributed by atoms with Crippen molar-refractivity contribution < 1.29 is 8.42 Å². The van der Waals surface area contributed by atoms with E-state index >= 15 is 0 Å². The molecule has 13 heavy (non-hydrogen) atoms. The van der Waals surface area contributed by atoms with Gasteiger partial charge < -0.3 is 5.73 Å². The Kier molecular flexibility index (Phi) is 2.74. The van der Waals surface area contributed by atoms with Gasteiger partial charge in [-0.25, -0.2) is 8.42 Å². The SMILES string of the molecule is CC1(C)[C@@H](CN)[C@@H]1CCS(C)(=O)=O. The largest absolute Gasteiger partial charge is 0.330 e. The monoisotopic (exact) mass is 205 g/mol. The van der Waals surface area contributed by atoms with Gasteiger partial charge in [-0.1, -0.05) is 13.8 Å². The van der Waals surface area contributed by atoms with Gasteiger partial charge in [0.2, 0.25) is 0 Å². The number of sulfone groups is 1. The van der Waals surface area contributed by atoms with Crippen LogP contribution in [0.1, 0.15) is 20.3 Å². The van der Waals surface area contributed by atoms with E-state index in [1.807, 2.05) is 0 Å². The molecule has 1 aliphatic rings. The van der Waals surface area contributed by atoms with Crippen LogP contribution in [-0.2, 0) is 9.84 Å². The second kappa shape index (κ2) is 3.24. The predicted molar refractivity (Wildman–Crippen MR) is 54.1 cm³/mol. The first-order valence-electron chi connectivity index (χ1n) is 4.67. The molecule has 2 atom stereocenters. The standard InChI is InChI=1S/C9H19NO2S/c1-9(2)7(8(9)6-10)4-5-13(3,11)12/h7-8H,4-6,10H2,1-3H3/t7-,8-/m0/s1. The molecule has 0 unspecified atom stereocenters. The van der Waals surface area contributed by atoms with Gasteiger partial charge in [0.25, 0.3) is 0 Å². The third-order valence-electron chi connectivity index (χ3n) is 3.34. The van der Waals surface area contributed by atoms with Crippen molar-refractivity contribution in [3.05, 3.63) is 0 Å². The zero-order valence-electron chi connectivity index (χ0n) is 8.58. The number of hydrogen-bond donors (Lipinski definition) is 1. The van der Waals surface area contributed by atoms with Crippen LogP contribution in [0, 0.1) is 17.3 Å². The molecule has 0 amide bonds. The van der Waals surface area contributed by atoms with Crippen LogP contribution in [0.3, 0.4) is 0 Å². The summed E-state index contributed by atoms with van der Waals surface area (Å²) >= 11 is 0. The minimum absolute atomic E-state index is 0.263. The molecule has 0 aromatic carbocycles. The molecule has 0 aromatic rings. The lowest BCUT2D eigenvalue weighted by Gasteiger charge is -2.00. The Morgan fingerprint density at radius 2 is 1.85 bits per heavy atom. The summed E-state index contributed by atoms with van der Waals surface area (Å²) in [5.41, 5.74) is 5.85. The van der Waals surface area contributed by atoms with Gasteiger partial charge >= 0.3 is 0 Å². The van der Waals surface area contributed by atoms with Crippen LogP contribution in [0.2, 0.25) is 0 Å². The molecule has 1 fully saturated rings. The van der Waals surface area contributed by atoms with Crippen LogP contribution in [0.5, 0.6) is 0 Å². The minimum atomic E-state index is -2.80. The average molecular weight is 205 g/mol. The third kappa shape index (κ3) is 2.44. The van der Waals surface area contributed by atoms with Crippen molar-refractivity contribution in [3.63, 3.8) is 0 Å². The lowest BCUT2D eigenvalue weighted by Crippen LogP contribution is -2.07. The molecule has 0 heterocycles. The maximum atomic E-state index is 10.9. The zero-order chi connectivity index (χ0) is 10.3. The van der Waals surface area contributed by atoms with E-state index < -0.39 is 9.84 Å². The maximum Gasteiger partial charge on any atom is 0.147 e. The second-order valence-corrected chi connectivity index (χ2v) is 6.95. The minimum Gasteiger partial charge on any atom is -0.330 e. The Bertz CT molecular complexity index is 282. The summed E-state index contributed by atoms with van der Waals surface area (Å²) in [4.78, 5) is 0. The van der Waals surface area contributed by atoms with E-state index in [1.54, 1.807) is 0 Å². The fraction of sp³-hybridized carbons (Fsp3) is 1.00. The predicted octanol–water partition coefficient (Wildman–Crippen LogP) is 0.652. The van der Waals surface area contributed by atoms with Crippen molar-refractivity contribution in [3.8, 4) is 0 Å². The lowest BCUT2D eigenvalue weighted by atomic mass is 10.1. The van der Waals surface area contributed by atoms with Crippen LogP contribution in [0.4, 0.5) is 0 Å². The van der Waals surface area contributed by atoms with Gasteiger partial charge in [-0.3, -0.25) is 0 Å². The normalized spacial score (nSPS) is 31.7. The molecular formula is C9H19NO2S. The molecule has 1 saturated carbocycles. The molecule has 4 heteroatoms. The van der Waals surface area contributed by atoms with E-state index in [-0.39, 0.29) is 5.41 Å². The van der Waals surface area contributed by atoms with E-state index in [2.05, 4.69) is 13.8 Å². The highest BCUT2D eigenvalue weighted by molar-refractivity contribution is 7.90. The summed E-state index contributed by atoms with van der Waals surface area (Å²) in [5.74, 6) is 1.33. The van der Waals surface area contributed by atoms with Gasteiger partial charge in [0.15, 0.2) is 0 Å². The lowest BCUT2D eigenvalue weighted by molar-refractivity contribution is 0.529. The first kappa shape index (κ1) is 11.0. The molecule has 0 spiro atoms. The maximum absolute atomic E-state index is 10.9. The van der Waals surface area contributed by atoms with Crippen molar-refractivity contribution in [2.24, 2.45) is 23.0 Å². The van der Waals surface area contributed by atoms with Crippen LogP contribution >= 0.6 is 0 Å². The summed E-state index contributed by atoms with van der Waals surface area (Å²) < 4.78 is 21.9. The summed E-state index contributed by atoms with van der Waals surface area (Å²) in [5, 5.41) is 0. The Morgan fingerprint density at radius 3 is 2.15 bits per heavy atom. The van der Waals surface area contributed by atoms with Gasteiger partial charge in [0, 0.05) is 6.26 Å². The molecule has 2 N–H and O–H groups in total. The molecule has 1 rings (SSSR count). The van der Waals surface area contributed by atoms with Crippen molar-refractivity contribution in [2.45, 2.75) is 20.3 Å². The van der Waals surface area contributed by atoms with Crippen molar-refractivity contribution in [1.82, 2.24) is 0 Å². The molecule has 1 aliphatic carbocycles. The van der Waals surface area contributed by atoms with Crippen LogP contribution in [-0.4, -0.2) is 27.0 Å². The molecule has 0 aromatic heterocycles. The second-order valence-electron chi connectivity index (χ2n) is 4.69. The topological polar surface area (TPSA) is 60.2 Å². The number of nitrogens with two attached hydrogens (primary N) is 1. The van der Waals surface area contributed by atoms with Gasteiger partial charge in [-0.05, 0) is 30.2 Å².